The fraction of sp³-hybridized carbons (Fsp3) is 0.579. The van der Waals surface area contributed by atoms with Crippen LogP contribution >= 0.6 is 24.8 Å². The highest BCUT2D eigenvalue weighted by Crippen LogP contribution is 2.39. The van der Waals surface area contributed by atoms with E-state index in [4.69, 9.17) is 0 Å². The van der Waals surface area contributed by atoms with Gasteiger partial charge >= 0.3 is 0 Å². The van der Waals surface area contributed by atoms with Gasteiger partial charge in [0.1, 0.15) is 0 Å². The van der Waals surface area contributed by atoms with E-state index in [1.54, 1.807) is 5.57 Å². The van der Waals surface area contributed by atoms with E-state index < -0.39 is 0 Å². The molecule has 130 valence electrons. The Morgan fingerprint density at radius 3 is 2.52 bits per heavy atom. The fourth-order valence-corrected chi connectivity index (χ4v) is 3.47. The minimum absolute atomic E-state index is 0. The van der Waals surface area contributed by atoms with Crippen LogP contribution in [0.2, 0.25) is 0 Å². The van der Waals surface area contributed by atoms with Gasteiger partial charge in [-0.15, -0.1) is 24.8 Å². The van der Waals surface area contributed by atoms with Crippen LogP contribution in [-0.2, 0) is 0 Å². The monoisotopic (exact) mass is 356 g/mol. The fourth-order valence-electron chi connectivity index (χ4n) is 3.47. The van der Waals surface area contributed by atoms with Crippen molar-refractivity contribution in [1.82, 2.24) is 10.6 Å². The van der Waals surface area contributed by atoms with Crippen molar-refractivity contribution in [1.29, 1.82) is 0 Å². The van der Waals surface area contributed by atoms with Gasteiger partial charge in [-0.05, 0) is 62.7 Å². The Kier molecular flexibility index (Phi) is 9.23. The number of hydrogen-bond donors (Lipinski definition) is 2. The van der Waals surface area contributed by atoms with Crippen molar-refractivity contribution in [3.8, 4) is 0 Å². The SMILES string of the molecule is CCC(=Cc1ccccc1)[C@@H]1CC1NCC1CCNCC1.Cl.Cl. The second kappa shape index (κ2) is 10.4. The normalized spacial score (nSPS) is 24.5. The molecule has 4 heteroatoms. The Morgan fingerprint density at radius 2 is 1.87 bits per heavy atom. The number of hydrogen-bond acceptors (Lipinski definition) is 2. The van der Waals surface area contributed by atoms with E-state index in [0.29, 0.717) is 0 Å². The maximum atomic E-state index is 3.81. The topological polar surface area (TPSA) is 24.1 Å². The standard InChI is InChI=1S/C19H28N2.2ClH/c1-2-17(12-15-6-4-3-5-7-15)18-13-19(18)21-14-16-8-10-20-11-9-16;;/h3-7,12,16,18-21H,2,8-11,13-14H2,1H3;2*1H/t18-,19?;;/m0../s1. The first kappa shape index (κ1) is 20.5. The largest absolute Gasteiger partial charge is 0.317 e. The van der Waals surface area contributed by atoms with Crippen LogP contribution < -0.4 is 10.6 Å². The molecule has 1 heterocycles. The average molecular weight is 357 g/mol. The molecule has 1 saturated heterocycles. The summed E-state index contributed by atoms with van der Waals surface area (Å²) in [7, 11) is 0. The third kappa shape index (κ3) is 6.11. The van der Waals surface area contributed by atoms with Crippen LogP contribution in [0.25, 0.3) is 6.08 Å². The molecule has 0 bridgehead atoms. The summed E-state index contributed by atoms with van der Waals surface area (Å²) < 4.78 is 0. The first-order chi connectivity index (χ1) is 10.4. The van der Waals surface area contributed by atoms with Gasteiger partial charge in [-0.3, -0.25) is 0 Å². The predicted octanol–water partition coefficient (Wildman–Crippen LogP) is 4.30. The molecule has 1 aromatic carbocycles. The van der Waals surface area contributed by atoms with Crippen LogP contribution in [0, 0.1) is 11.8 Å². The molecule has 23 heavy (non-hydrogen) atoms. The van der Waals surface area contributed by atoms with Gasteiger partial charge in [0.2, 0.25) is 0 Å². The van der Waals surface area contributed by atoms with Gasteiger partial charge in [-0.25, -0.2) is 0 Å². The lowest BCUT2D eigenvalue weighted by Gasteiger charge is -2.23. The van der Waals surface area contributed by atoms with Crippen molar-refractivity contribution in [2.75, 3.05) is 19.6 Å². The summed E-state index contributed by atoms with van der Waals surface area (Å²) in [5, 5.41) is 7.25. The van der Waals surface area contributed by atoms with E-state index in [0.717, 1.165) is 17.9 Å². The van der Waals surface area contributed by atoms with E-state index in [2.05, 4.69) is 54.0 Å². The molecule has 1 aromatic rings. The van der Waals surface area contributed by atoms with E-state index >= 15 is 0 Å². The molecule has 2 fully saturated rings. The van der Waals surface area contributed by atoms with Crippen molar-refractivity contribution in [2.45, 2.75) is 38.6 Å². The minimum Gasteiger partial charge on any atom is -0.317 e. The summed E-state index contributed by atoms with van der Waals surface area (Å²) >= 11 is 0. The Labute approximate surface area is 153 Å². The molecule has 1 unspecified atom stereocenters. The molecule has 0 radical (unpaired) electrons. The molecule has 2 N–H and O–H groups in total. The van der Waals surface area contributed by atoms with Crippen molar-refractivity contribution >= 4 is 30.9 Å². The van der Waals surface area contributed by atoms with Crippen LogP contribution in [0.4, 0.5) is 0 Å². The van der Waals surface area contributed by atoms with Crippen molar-refractivity contribution in [3.05, 3.63) is 41.5 Å². The quantitative estimate of drug-likeness (QED) is 0.793. The number of piperidine rings is 1. The zero-order valence-corrected chi connectivity index (χ0v) is 15.6. The molecule has 0 spiro atoms. The maximum Gasteiger partial charge on any atom is 0.0140 e. The average Bonchev–Trinajstić information content (AvgIpc) is 3.32. The first-order valence-corrected chi connectivity index (χ1v) is 8.56. The van der Waals surface area contributed by atoms with Gasteiger partial charge in [-0.1, -0.05) is 48.9 Å². The smallest absolute Gasteiger partial charge is 0.0140 e. The van der Waals surface area contributed by atoms with Gasteiger partial charge in [0.15, 0.2) is 0 Å². The lowest BCUT2D eigenvalue weighted by molar-refractivity contribution is 0.354. The third-order valence-corrected chi connectivity index (χ3v) is 4.95. The van der Waals surface area contributed by atoms with Gasteiger partial charge in [0, 0.05) is 6.04 Å². The maximum absolute atomic E-state index is 3.81. The van der Waals surface area contributed by atoms with Crippen molar-refractivity contribution in [3.63, 3.8) is 0 Å². The first-order valence-electron chi connectivity index (χ1n) is 8.56. The van der Waals surface area contributed by atoms with Gasteiger partial charge in [-0.2, -0.15) is 0 Å². The second-order valence-corrected chi connectivity index (χ2v) is 6.53. The van der Waals surface area contributed by atoms with Crippen LogP contribution in [0.5, 0.6) is 0 Å². The molecule has 2 aliphatic rings. The summed E-state index contributed by atoms with van der Waals surface area (Å²) in [4.78, 5) is 0. The molecule has 2 nitrogen and oxygen atoms in total. The number of benzene rings is 1. The van der Waals surface area contributed by atoms with Crippen LogP contribution in [0.3, 0.4) is 0 Å². The van der Waals surface area contributed by atoms with Crippen LogP contribution in [0.1, 0.15) is 38.2 Å². The Morgan fingerprint density at radius 1 is 1.17 bits per heavy atom. The molecule has 0 amide bonds. The van der Waals surface area contributed by atoms with Crippen LogP contribution in [-0.4, -0.2) is 25.7 Å². The predicted molar refractivity (Wildman–Crippen MR) is 105 cm³/mol. The molecule has 1 saturated carbocycles. The van der Waals surface area contributed by atoms with E-state index in [-0.39, 0.29) is 24.8 Å². The molecular formula is C19H30Cl2N2. The molecule has 2 atom stereocenters. The Balaban J connectivity index is 0.00000132. The van der Waals surface area contributed by atoms with Gasteiger partial charge in [0.05, 0.1) is 0 Å². The minimum atomic E-state index is 0. The van der Waals surface area contributed by atoms with Gasteiger partial charge < -0.3 is 10.6 Å². The summed E-state index contributed by atoms with van der Waals surface area (Å²) in [5.41, 5.74) is 2.96. The van der Waals surface area contributed by atoms with E-state index in [1.807, 2.05) is 0 Å². The zero-order chi connectivity index (χ0) is 14.5. The highest BCUT2D eigenvalue weighted by Gasteiger charge is 2.38. The molecule has 0 aromatic heterocycles. The molecule has 3 rings (SSSR count). The van der Waals surface area contributed by atoms with Crippen molar-refractivity contribution in [2.24, 2.45) is 11.8 Å². The Bertz CT molecular complexity index is 470. The van der Waals surface area contributed by atoms with Gasteiger partial charge in [0.25, 0.3) is 0 Å². The number of nitrogens with one attached hydrogen (secondary N) is 2. The lowest BCUT2D eigenvalue weighted by atomic mass is 9.98. The number of halogens is 2. The third-order valence-electron chi connectivity index (χ3n) is 4.95. The molecule has 1 aliphatic carbocycles. The summed E-state index contributed by atoms with van der Waals surface area (Å²) in [5.74, 6) is 1.66. The summed E-state index contributed by atoms with van der Waals surface area (Å²) in [6.45, 7) is 5.91. The number of rotatable bonds is 6. The van der Waals surface area contributed by atoms with Crippen LogP contribution in [0.15, 0.2) is 35.9 Å². The second-order valence-electron chi connectivity index (χ2n) is 6.53. The summed E-state index contributed by atoms with van der Waals surface area (Å²) in [6, 6.07) is 11.5. The Hall–Kier alpha value is -0.540. The van der Waals surface area contributed by atoms with E-state index in [1.165, 1.54) is 50.9 Å². The van der Waals surface area contributed by atoms with E-state index in [9.17, 15) is 0 Å². The molecular weight excluding hydrogens is 327 g/mol. The lowest BCUT2D eigenvalue weighted by Crippen LogP contribution is -2.34. The zero-order valence-electron chi connectivity index (χ0n) is 14.0. The highest BCUT2D eigenvalue weighted by atomic mass is 35.5. The summed E-state index contributed by atoms with van der Waals surface area (Å²) in [6.07, 6.45) is 7.58. The molecule has 1 aliphatic heterocycles. The highest BCUT2D eigenvalue weighted by molar-refractivity contribution is 5.85. The van der Waals surface area contributed by atoms with Crippen molar-refractivity contribution < 1.29 is 0 Å².